The highest BCUT2D eigenvalue weighted by Gasteiger charge is 2.23. The molecule has 156 valence electrons. The first kappa shape index (κ1) is 20.3. The van der Waals surface area contributed by atoms with Gasteiger partial charge in [0.2, 0.25) is 6.10 Å². The van der Waals surface area contributed by atoms with Crippen LogP contribution in [0.2, 0.25) is 0 Å². The van der Waals surface area contributed by atoms with Gasteiger partial charge in [0.25, 0.3) is 5.91 Å². The van der Waals surface area contributed by atoms with Gasteiger partial charge in [-0.3, -0.25) is 4.79 Å². The molecule has 0 saturated heterocycles. The van der Waals surface area contributed by atoms with Crippen LogP contribution < -0.4 is 19.5 Å². The Morgan fingerprint density at radius 2 is 1.39 bits per heavy atom. The van der Waals surface area contributed by atoms with Crippen molar-refractivity contribution in [3.63, 3.8) is 0 Å². The molecule has 0 bridgehead atoms. The fourth-order valence-corrected chi connectivity index (χ4v) is 3.35. The Morgan fingerprint density at radius 1 is 0.710 bits per heavy atom. The SMILES string of the molecule is COc1cccc(NC(=O)[C@H](Oc2ccc3ccc(OC)cc3c2)c2ccccc2)c1. The first-order valence-electron chi connectivity index (χ1n) is 9.90. The third-order valence-electron chi connectivity index (χ3n) is 4.95. The van der Waals surface area contributed by atoms with Crippen molar-refractivity contribution in [2.45, 2.75) is 6.10 Å². The molecule has 0 aliphatic heterocycles. The summed E-state index contributed by atoms with van der Waals surface area (Å²) in [5.74, 6) is 1.75. The Labute approximate surface area is 181 Å². The second-order valence-electron chi connectivity index (χ2n) is 7.00. The normalized spacial score (nSPS) is 11.5. The zero-order valence-electron chi connectivity index (χ0n) is 17.4. The van der Waals surface area contributed by atoms with E-state index in [1.54, 1.807) is 20.3 Å². The molecule has 0 radical (unpaired) electrons. The Bertz CT molecular complexity index is 1190. The van der Waals surface area contributed by atoms with Gasteiger partial charge in [0, 0.05) is 17.3 Å². The average molecular weight is 413 g/mol. The summed E-state index contributed by atoms with van der Waals surface area (Å²) in [5, 5.41) is 4.96. The van der Waals surface area contributed by atoms with Crippen molar-refractivity contribution in [3.8, 4) is 17.2 Å². The number of hydrogen-bond donors (Lipinski definition) is 1. The molecule has 4 rings (SSSR count). The maximum atomic E-state index is 13.2. The summed E-state index contributed by atoms with van der Waals surface area (Å²) in [6.45, 7) is 0. The molecule has 0 saturated carbocycles. The van der Waals surface area contributed by atoms with E-state index < -0.39 is 6.10 Å². The second-order valence-corrected chi connectivity index (χ2v) is 7.00. The predicted molar refractivity (Wildman–Crippen MR) is 122 cm³/mol. The molecule has 5 nitrogen and oxygen atoms in total. The standard InChI is InChI=1S/C26H23NO4/c1-29-22-10-6-9-21(17-22)27-26(28)25(19-7-4-3-5-8-19)31-24-14-12-18-11-13-23(30-2)15-20(18)16-24/h3-17,25H,1-2H3,(H,27,28)/t25-/m1/s1. The minimum absolute atomic E-state index is 0.273. The summed E-state index contributed by atoms with van der Waals surface area (Å²) in [4.78, 5) is 13.2. The minimum Gasteiger partial charge on any atom is -0.497 e. The van der Waals surface area contributed by atoms with Crippen LogP contribution in [0, 0.1) is 0 Å². The maximum Gasteiger partial charge on any atom is 0.270 e. The molecule has 1 atom stereocenters. The summed E-state index contributed by atoms with van der Waals surface area (Å²) >= 11 is 0. The van der Waals surface area contributed by atoms with Crippen LogP contribution in [0.4, 0.5) is 5.69 Å². The largest absolute Gasteiger partial charge is 0.497 e. The van der Waals surface area contributed by atoms with Crippen LogP contribution in [0.1, 0.15) is 11.7 Å². The Morgan fingerprint density at radius 3 is 2.13 bits per heavy atom. The van der Waals surface area contributed by atoms with E-state index in [0.29, 0.717) is 17.2 Å². The van der Waals surface area contributed by atoms with Gasteiger partial charge >= 0.3 is 0 Å². The molecule has 0 aliphatic rings. The van der Waals surface area contributed by atoms with Crippen LogP contribution in [0.3, 0.4) is 0 Å². The molecular weight excluding hydrogens is 390 g/mol. The molecule has 0 spiro atoms. The van der Waals surface area contributed by atoms with E-state index >= 15 is 0 Å². The number of ether oxygens (including phenoxy) is 3. The van der Waals surface area contributed by atoms with Gasteiger partial charge in [-0.25, -0.2) is 0 Å². The summed E-state index contributed by atoms with van der Waals surface area (Å²) in [6, 6.07) is 28.2. The van der Waals surface area contributed by atoms with Gasteiger partial charge in [-0.05, 0) is 47.2 Å². The van der Waals surface area contributed by atoms with Crippen molar-refractivity contribution in [1.82, 2.24) is 0 Å². The van der Waals surface area contributed by atoms with Gasteiger partial charge in [0.05, 0.1) is 14.2 Å². The van der Waals surface area contributed by atoms with Crippen molar-refractivity contribution in [2.24, 2.45) is 0 Å². The number of amides is 1. The number of hydrogen-bond acceptors (Lipinski definition) is 4. The quantitative estimate of drug-likeness (QED) is 0.427. The molecule has 31 heavy (non-hydrogen) atoms. The maximum absolute atomic E-state index is 13.2. The lowest BCUT2D eigenvalue weighted by Gasteiger charge is -2.20. The topological polar surface area (TPSA) is 56.8 Å². The monoisotopic (exact) mass is 413 g/mol. The number of nitrogens with one attached hydrogen (secondary N) is 1. The number of anilines is 1. The van der Waals surface area contributed by atoms with E-state index in [9.17, 15) is 4.79 Å². The molecule has 0 heterocycles. The number of rotatable bonds is 7. The molecule has 0 aliphatic carbocycles. The molecule has 4 aromatic rings. The summed E-state index contributed by atoms with van der Waals surface area (Å²) in [5.41, 5.74) is 1.39. The third kappa shape index (κ3) is 4.78. The Kier molecular flexibility index (Phi) is 6.03. The van der Waals surface area contributed by atoms with E-state index in [1.807, 2.05) is 84.9 Å². The Hall–Kier alpha value is -3.99. The molecule has 4 aromatic carbocycles. The second kappa shape index (κ2) is 9.22. The average Bonchev–Trinajstić information content (AvgIpc) is 2.82. The van der Waals surface area contributed by atoms with E-state index in [-0.39, 0.29) is 5.91 Å². The number of methoxy groups -OCH3 is 2. The number of benzene rings is 4. The highest BCUT2D eigenvalue weighted by atomic mass is 16.5. The van der Waals surface area contributed by atoms with Crippen LogP contribution in [-0.2, 0) is 4.79 Å². The van der Waals surface area contributed by atoms with E-state index in [0.717, 1.165) is 22.1 Å². The van der Waals surface area contributed by atoms with Crippen molar-refractivity contribution in [1.29, 1.82) is 0 Å². The summed E-state index contributed by atoms with van der Waals surface area (Å²) in [7, 11) is 3.22. The van der Waals surface area contributed by atoms with Crippen LogP contribution >= 0.6 is 0 Å². The lowest BCUT2D eigenvalue weighted by Crippen LogP contribution is -2.25. The molecule has 0 aromatic heterocycles. The highest BCUT2D eigenvalue weighted by Crippen LogP contribution is 2.29. The first-order valence-corrected chi connectivity index (χ1v) is 9.90. The van der Waals surface area contributed by atoms with Crippen LogP contribution in [-0.4, -0.2) is 20.1 Å². The smallest absolute Gasteiger partial charge is 0.270 e. The van der Waals surface area contributed by atoms with Crippen molar-refractivity contribution in [3.05, 3.63) is 96.6 Å². The molecule has 0 unspecified atom stereocenters. The lowest BCUT2D eigenvalue weighted by atomic mass is 10.1. The molecule has 5 heteroatoms. The van der Waals surface area contributed by atoms with Crippen LogP contribution in [0.15, 0.2) is 91.0 Å². The van der Waals surface area contributed by atoms with E-state index in [4.69, 9.17) is 14.2 Å². The molecule has 0 fully saturated rings. The first-order chi connectivity index (χ1) is 15.2. The van der Waals surface area contributed by atoms with Crippen molar-refractivity contribution < 1.29 is 19.0 Å². The van der Waals surface area contributed by atoms with Crippen molar-refractivity contribution >= 4 is 22.4 Å². The lowest BCUT2D eigenvalue weighted by molar-refractivity contribution is -0.123. The van der Waals surface area contributed by atoms with Gasteiger partial charge in [-0.15, -0.1) is 0 Å². The Balaban J connectivity index is 1.63. The zero-order chi connectivity index (χ0) is 21.6. The third-order valence-corrected chi connectivity index (χ3v) is 4.95. The molecule has 1 amide bonds. The van der Waals surface area contributed by atoms with Gasteiger partial charge in [-0.2, -0.15) is 0 Å². The minimum atomic E-state index is -0.824. The van der Waals surface area contributed by atoms with Gasteiger partial charge in [0.15, 0.2) is 0 Å². The number of fused-ring (bicyclic) bond motifs is 1. The van der Waals surface area contributed by atoms with Gasteiger partial charge in [-0.1, -0.05) is 48.5 Å². The highest BCUT2D eigenvalue weighted by molar-refractivity contribution is 5.95. The zero-order valence-corrected chi connectivity index (χ0v) is 17.4. The summed E-state index contributed by atoms with van der Waals surface area (Å²) < 4.78 is 16.8. The van der Waals surface area contributed by atoms with Gasteiger partial charge in [0.1, 0.15) is 17.2 Å². The molecular formula is C26H23NO4. The fraction of sp³-hybridized carbons (Fsp3) is 0.115. The van der Waals surface area contributed by atoms with Gasteiger partial charge < -0.3 is 19.5 Å². The fourth-order valence-electron chi connectivity index (χ4n) is 3.35. The number of carbonyl (C=O) groups excluding carboxylic acids is 1. The molecule has 1 N–H and O–H groups in total. The predicted octanol–water partition coefficient (Wildman–Crippen LogP) is 5.62. The number of carbonyl (C=O) groups is 1. The van der Waals surface area contributed by atoms with E-state index in [1.165, 1.54) is 0 Å². The van der Waals surface area contributed by atoms with E-state index in [2.05, 4.69) is 5.32 Å². The van der Waals surface area contributed by atoms with Crippen LogP contribution in [0.25, 0.3) is 10.8 Å². The van der Waals surface area contributed by atoms with Crippen LogP contribution in [0.5, 0.6) is 17.2 Å². The van der Waals surface area contributed by atoms with Crippen molar-refractivity contribution in [2.75, 3.05) is 19.5 Å². The summed E-state index contributed by atoms with van der Waals surface area (Å²) in [6.07, 6.45) is -0.824.